The summed E-state index contributed by atoms with van der Waals surface area (Å²) in [5, 5.41) is 10.3. The Morgan fingerprint density at radius 1 is 1.13 bits per heavy atom. The fourth-order valence-corrected chi connectivity index (χ4v) is 3.07. The van der Waals surface area contributed by atoms with Gasteiger partial charge in [-0.15, -0.1) is 0 Å². The molecular formula is C24H37NO5. The molecule has 30 heavy (non-hydrogen) atoms. The van der Waals surface area contributed by atoms with Gasteiger partial charge in [0.15, 0.2) is 0 Å². The molecule has 0 aliphatic rings. The highest BCUT2D eigenvalue weighted by molar-refractivity contribution is 5.70. The van der Waals surface area contributed by atoms with Crippen LogP contribution in [0, 0.1) is 11.8 Å². The summed E-state index contributed by atoms with van der Waals surface area (Å²) in [4.78, 5) is 0. The Morgan fingerprint density at radius 2 is 1.93 bits per heavy atom. The summed E-state index contributed by atoms with van der Waals surface area (Å²) in [6.07, 6.45) is 4.27. The first-order valence-corrected chi connectivity index (χ1v) is 10.7. The monoisotopic (exact) mass is 419 g/mol. The van der Waals surface area contributed by atoms with Gasteiger partial charge in [-0.3, -0.25) is 0 Å². The molecule has 3 unspecified atom stereocenters. The topological polar surface area (TPSA) is 87.1 Å². The number of aliphatic hydroxyl groups is 1. The zero-order valence-corrected chi connectivity index (χ0v) is 18.7. The molecule has 0 aliphatic carbocycles. The van der Waals surface area contributed by atoms with Gasteiger partial charge >= 0.3 is 0 Å². The summed E-state index contributed by atoms with van der Waals surface area (Å²) in [7, 11) is 1.68. The number of nitrogens with two attached hydrogens (primary N) is 1. The van der Waals surface area contributed by atoms with Crippen LogP contribution in [0.15, 0.2) is 41.2 Å². The van der Waals surface area contributed by atoms with Crippen molar-refractivity contribution in [1.82, 2.24) is 0 Å². The standard InChI is InChI=1S/C24H37NO5/c1-17(2)18(3)12-23(26)22(25)16-29-14-19-6-7-21(20-8-11-28-15-20)24(13-19)30-10-5-9-27-4/h6-8,11,13,15,17-18,22-23,26H,5,9-10,12,14,16,25H2,1-4H3. The number of benzene rings is 1. The summed E-state index contributed by atoms with van der Waals surface area (Å²) >= 11 is 0. The second kappa shape index (κ2) is 12.7. The summed E-state index contributed by atoms with van der Waals surface area (Å²) in [5.74, 6) is 1.71. The average Bonchev–Trinajstić information content (AvgIpc) is 3.25. The number of ether oxygens (including phenoxy) is 3. The molecule has 0 radical (unpaired) electrons. The molecule has 0 bridgehead atoms. The van der Waals surface area contributed by atoms with E-state index in [4.69, 9.17) is 24.4 Å². The van der Waals surface area contributed by atoms with Crippen LogP contribution in [-0.2, 0) is 16.1 Å². The lowest BCUT2D eigenvalue weighted by molar-refractivity contribution is 0.0418. The Labute approximate surface area is 180 Å². The molecule has 168 valence electrons. The molecule has 3 N–H and O–H groups in total. The minimum absolute atomic E-state index is 0.305. The maximum Gasteiger partial charge on any atom is 0.127 e. The molecule has 1 heterocycles. The predicted octanol–water partition coefficient (Wildman–Crippen LogP) is 4.25. The maximum atomic E-state index is 10.3. The Morgan fingerprint density at radius 3 is 2.60 bits per heavy atom. The van der Waals surface area contributed by atoms with Gasteiger partial charge in [0.2, 0.25) is 0 Å². The first-order valence-electron chi connectivity index (χ1n) is 10.7. The van der Waals surface area contributed by atoms with E-state index >= 15 is 0 Å². The van der Waals surface area contributed by atoms with Crippen molar-refractivity contribution in [3.05, 3.63) is 42.4 Å². The van der Waals surface area contributed by atoms with E-state index in [0.717, 1.165) is 28.9 Å². The Bertz CT molecular complexity index is 716. The molecule has 0 amide bonds. The fourth-order valence-electron chi connectivity index (χ4n) is 3.07. The second-order valence-electron chi connectivity index (χ2n) is 8.24. The van der Waals surface area contributed by atoms with Gasteiger partial charge in [0.1, 0.15) is 5.75 Å². The van der Waals surface area contributed by atoms with Crippen LogP contribution in [0.2, 0.25) is 0 Å². The minimum Gasteiger partial charge on any atom is -0.493 e. The Balaban J connectivity index is 1.93. The molecule has 6 heteroatoms. The summed E-state index contributed by atoms with van der Waals surface area (Å²) in [5.41, 5.74) is 9.05. The SMILES string of the molecule is COCCCOc1cc(COCC(N)C(O)CC(C)C(C)C)ccc1-c1ccoc1. The average molecular weight is 420 g/mol. The zero-order chi connectivity index (χ0) is 21.9. The van der Waals surface area contributed by atoms with E-state index < -0.39 is 12.1 Å². The van der Waals surface area contributed by atoms with Gasteiger partial charge in [-0.25, -0.2) is 0 Å². The van der Waals surface area contributed by atoms with Crippen molar-refractivity contribution in [2.24, 2.45) is 17.6 Å². The third kappa shape index (κ3) is 7.76. The normalized spacial score (nSPS) is 14.6. The molecule has 3 atom stereocenters. The number of hydrogen-bond acceptors (Lipinski definition) is 6. The highest BCUT2D eigenvalue weighted by atomic mass is 16.5. The third-order valence-corrected chi connectivity index (χ3v) is 5.45. The molecule has 1 aromatic carbocycles. The summed E-state index contributed by atoms with van der Waals surface area (Å²) in [6, 6.07) is 7.51. The van der Waals surface area contributed by atoms with Crippen molar-refractivity contribution in [2.45, 2.75) is 52.4 Å². The van der Waals surface area contributed by atoms with Crippen molar-refractivity contribution in [3.8, 4) is 16.9 Å². The van der Waals surface area contributed by atoms with Crippen LogP contribution in [0.25, 0.3) is 11.1 Å². The number of aliphatic hydroxyl groups excluding tert-OH is 1. The molecule has 0 saturated heterocycles. The Kier molecular flexibility index (Phi) is 10.4. The van der Waals surface area contributed by atoms with Gasteiger partial charge in [-0.2, -0.15) is 0 Å². The van der Waals surface area contributed by atoms with Crippen LogP contribution in [0.1, 0.15) is 39.2 Å². The first kappa shape index (κ1) is 24.4. The van der Waals surface area contributed by atoms with Gasteiger partial charge in [0.25, 0.3) is 0 Å². The number of hydrogen-bond donors (Lipinski definition) is 2. The molecule has 2 rings (SSSR count). The summed E-state index contributed by atoms with van der Waals surface area (Å²) in [6.45, 7) is 8.37. The molecule has 1 aromatic heterocycles. The number of methoxy groups -OCH3 is 1. The van der Waals surface area contributed by atoms with Crippen LogP contribution in [0.3, 0.4) is 0 Å². The third-order valence-electron chi connectivity index (χ3n) is 5.45. The van der Waals surface area contributed by atoms with Gasteiger partial charge in [0, 0.05) is 31.3 Å². The van der Waals surface area contributed by atoms with Crippen molar-refractivity contribution >= 4 is 0 Å². The van der Waals surface area contributed by atoms with Gasteiger partial charge in [0.05, 0.1) is 44.5 Å². The van der Waals surface area contributed by atoms with Crippen LogP contribution >= 0.6 is 0 Å². The molecule has 0 aliphatic heterocycles. The van der Waals surface area contributed by atoms with Gasteiger partial charge < -0.3 is 29.5 Å². The molecule has 2 aromatic rings. The van der Waals surface area contributed by atoms with Crippen molar-refractivity contribution < 1.29 is 23.7 Å². The lowest BCUT2D eigenvalue weighted by Crippen LogP contribution is -2.40. The fraction of sp³-hybridized carbons (Fsp3) is 0.583. The highest BCUT2D eigenvalue weighted by Gasteiger charge is 2.20. The minimum atomic E-state index is -0.564. The molecule has 0 fully saturated rings. The van der Waals surface area contributed by atoms with Crippen molar-refractivity contribution in [2.75, 3.05) is 26.9 Å². The largest absolute Gasteiger partial charge is 0.493 e. The zero-order valence-electron chi connectivity index (χ0n) is 18.7. The first-order chi connectivity index (χ1) is 14.4. The van der Waals surface area contributed by atoms with E-state index in [2.05, 4.69) is 20.8 Å². The van der Waals surface area contributed by atoms with Crippen LogP contribution in [0.4, 0.5) is 0 Å². The molecule has 0 spiro atoms. The predicted molar refractivity (Wildman–Crippen MR) is 118 cm³/mol. The van der Waals surface area contributed by atoms with Gasteiger partial charge in [-0.05, 0) is 36.0 Å². The van der Waals surface area contributed by atoms with E-state index in [0.29, 0.717) is 44.7 Å². The Hall–Kier alpha value is -1.86. The van der Waals surface area contributed by atoms with Crippen LogP contribution < -0.4 is 10.5 Å². The lowest BCUT2D eigenvalue weighted by Gasteiger charge is -2.24. The van der Waals surface area contributed by atoms with Crippen molar-refractivity contribution in [1.29, 1.82) is 0 Å². The maximum absolute atomic E-state index is 10.3. The number of furan rings is 1. The van der Waals surface area contributed by atoms with E-state index in [9.17, 15) is 5.11 Å². The van der Waals surface area contributed by atoms with Crippen LogP contribution in [-0.4, -0.2) is 44.2 Å². The lowest BCUT2D eigenvalue weighted by atomic mass is 9.90. The van der Waals surface area contributed by atoms with E-state index in [1.54, 1.807) is 19.6 Å². The molecule has 0 saturated carbocycles. The number of rotatable bonds is 14. The van der Waals surface area contributed by atoms with E-state index in [1.165, 1.54) is 0 Å². The molecule has 6 nitrogen and oxygen atoms in total. The van der Waals surface area contributed by atoms with E-state index in [-0.39, 0.29) is 0 Å². The quantitative estimate of drug-likeness (QED) is 0.445. The highest BCUT2D eigenvalue weighted by Crippen LogP contribution is 2.32. The smallest absolute Gasteiger partial charge is 0.127 e. The summed E-state index contributed by atoms with van der Waals surface area (Å²) < 4.78 is 22.1. The van der Waals surface area contributed by atoms with Crippen LogP contribution in [0.5, 0.6) is 5.75 Å². The van der Waals surface area contributed by atoms with Crippen molar-refractivity contribution in [3.63, 3.8) is 0 Å². The van der Waals surface area contributed by atoms with Gasteiger partial charge in [-0.1, -0.05) is 32.9 Å². The molecular weight excluding hydrogens is 382 g/mol. The second-order valence-corrected chi connectivity index (χ2v) is 8.24. The van der Waals surface area contributed by atoms with E-state index in [1.807, 2.05) is 24.3 Å².